The van der Waals surface area contributed by atoms with Crippen molar-refractivity contribution in [3.8, 4) is 0 Å². The number of benzene rings is 1. The molecule has 20 heavy (non-hydrogen) atoms. The molecule has 1 unspecified atom stereocenters. The van der Waals surface area contributed by atoms with Gasteiger partial charge in [-0.15, -0.1) is 0 Å². The van der Waals surface area contributed by atoms with Gasteiger partial charge in [-0.25, -0.2) is 0 Å². The number of nitrogens with zero attached hydrogens (tertiary/aromatic N) is 2. The standard InChI is InChI=1S/C15H21N3O2/c1-12-8-13(4-5-15(12)17-2)14(9-16)10-18-11-20-7-6-19-3/h4-5,8-10,14,16H,2,6-7,11H2,1,3H3. The third-order valence-corrected chi connectivity index (χ3v) is 2.82. The summed E-state index contributed by atoms with van der Waals surface area (Å²) in [7, 11) is 1.63. The van der Waals surface area contributed by atoms with Crippen LogP contribution in [0.3, 0.4) is 0 Å². The summed E-state index contributed by atoms with van der Waals surface area (Å²) in [5.74, 6) is -0.154. The number of nitrogens with one attached hydrogen (secondary N) is 1. The Morgan fingerprint density at radius 2 is 2.20 bits per heavy atom. The van der Waals surface area contributed by atoms with Crippen LogP contribution in [0.2, 0.25) is 0 Å². The number of methoxy groups -OCH3 is 1. The molecule has 0 aromatic heterocycles. The van der Waals surface area contributed by atoms with Crippen LogP contribution in [0.15, 0.2) is 28.2 Å². The van der Waals surface area contributed by atoms with Gasteiger partial charge in [-0.05, 0) is 30.8 Å². The molecule has 0 aliphatic heterocycles. The quantitative estimate of drug-likeness (QED) is 0.556. The monoisotopic (exact) mass is 275 g/mol. The summed E-state index contributed by atoms with van der Waals surface area (Å²) >= 11 is 0. The molecule has 0 aliphatic rings. The van der Waals surface area contributed by atoms with Crippen LogP contribution in [0.5, 0.6) is 0 Å². The van der Waals surface area contributed by atoms with Crippen LogP contribution in [0.4, 0.5) is 5.69 Å². The van der Waals surface area contributed by atoms with E-state index in [9.17, 15) is 0 Å². The molecular formula is C15H21N3O2. The minimum absolute atomic E-state index is 0.154. The van der Waals surface area contributed by atoms with Crippen molar-refractivity contribution in [2.24, 2.45) is 9.98 Å². The number of aryl methyl sites for hydroxylation is 1. The minimum atomic E-state index is -0.154. The Morgan fingerprint density at radius 3 is 2.80 bits per heavy atom. The first-order valence-corrected chi connectivity index (χ1v) is 6.37. The number of aliphatic imine (C=N–C) groups is 2. The number of rotatable bonds is 9. The Morgan fingerprint density at radius 1 is 1.40 bits per heavy atom. The van der Waals surface area contributed by atoms with E-state index in [-0.39, 0.29) is 12.6 Å². The Kier molecular flexibility index (Phi) is 7.39. The van der Waals surface area contributed by atoms with E-state index in [1.54, 1.807) is 13.3 Å². The predicted molar refractivity (Wildman–Crippen MR) is 83.1 cm³/mol. The Bertz CT molecular complexity index is 472. The highest BCUT2D eigenvalue weighted by molar-refractivity contribution is 5.89. The van der Waals surface area contributed by atoms with Crippen LogP contribution in [0.25, 0.3) is 0 Å². The number of hydrogen-bond acceptors (Lipinski definition) is 5. The molecule has 0 saturated heterocycles. The normalized spacial score (nSPS) is 12.5. The first kappa shape index (κ1) is 16.2. The van der Waals surface area contributed by atoms with Gasteiger partial charge in [-0.3, -0.25) is 9.98 Å². The van der Waals surface area contributed by atoms with Crippen LogP contribution in [-0.2, 0) is 9.47 Å². The second-order valence-electron chi connectivity index (χ2n) is 4.26. The van der Waals surface area contributed by atoms with Crippen molar-refractivity contribution < 1.29 is 9.47 Å². The molecule has 1 N–H and O–H groups in total. The van der Waals surface area contributed by atoms with Crippen molar-refractivity contribution >= 4 is 24.8 Å². The second-order valence-corrected chi connectivity index (χ2v) is 4.26. The fourth-order valence-corrected chi connectivity index (χ4v) is 1.70. The van der Waals surface area contributed by atoms with Gasteiger partial charge in [0.1, 0.15) is 6.73 Å². The molecule has 5 nitrogen and oxygen atoms in total. The molecule has 0 amide bonds. The summed E-state index contributed by atoms with van der Waals surface area (Å²) in [6, 6.07) is 5.83. The van der Waals surface area contributed by atoms with Gasteiger partial charge in [0.05, 0.1) is 24.8 Å². The lowest BCUT2D eigenvalue weighted by Crippen LogP contribution is -2.05. The molecule has 0 radical (unpaired) electrons. The highest BCUT2D eigenvalue weighted by atomic mass is 16.5. The van der Waals surface area contributed by atoms with Gasteiger partial charge in [0.15, 0.2) is 0 Å². The molecule has 1 atom stereocenters. The molecule has 0 spiro atoms. The predicted octanol–water partition coefficient (Wildman–Crippen LogP) is 2.75. The fraction of sp³-hybridized carbons (Fsp3) is 0.400. The van der Waals surface area contributed by atoms with Crippen LogP contribution in [-0.4, -0.2) is 46.2 Å². The van der Waals surface area contributed by atoms with Crippen molar-refractivity contribution in [1.82, 2.24) is 0 Å². The van der Waals surface area contributed by atoms with Crippen molar-refractivity contribution in [2.45, 2.75) is 12.8 Å². The van der Waals surface area contributed by atoms with Crippen LogP contribution < -0.4 is 0 Å². The van der Waals surface area contributed by atoms with Crippen LogP contribution in [0.1, 0.15) is 17.0 Å². The van der Waals surface area contributed by atoms with Crippen molar-refractivity contribution in [1.29, 1.82) is 5.41 Å². The highest BCUT2D eigenvalue weighted by Gasteiger charge is 2.07. The Balaban J connectivity index is 2.61. The average Bonchev–Trinajstić information content (AvgIpc) is 2.46. The number of hydrogen-bond donors (Lipinski definition) is 1. The van der Waals surface area contributed by atoms with E-state index < -0.39 is 0 Å². The number of ether oxygens (including phenoxy) is 2. The van der Waals surface area contributed by atoms with E-state index in [0.29, 0.717) is 13.2 Å². The maximum Gasteiger partial charge on any atom is 0.137 e. The molecule has 108 valence electrons. The molecular weight excluding hydrogens is 254 g/mol. The van der Waals surface area contributed by atoms with Gasteiger partial charge in [-0.1, -0.05) is 12.1 Å². The lowest BCUT2D eigenvalue weighted by atomic mass is 9.99. The lowest BCUT2D eigenvalue weighted by molar-refractivity contribution is 0.0750. The van der Waals surface area contributed by atoms with E-state index >= 15 is 0 Å². The third-order valence-electron chi connectivity index (χ3n) is 2.82. The van der Waals surface area contributed by atoms with E-state index in [2.05, 4.69) is 16.7 Å². The molecule has 1 aromatic carbocycles. The molecule has 0 bridgehead atoms. The first-order chi connectivity index (χ1) is 9.72. The molecule has 0 aliphatic carbocycles. The smallest absolute Gasteiger partial charge is 0.137 e. The van der Waals surface area contributed by atoms with Gasteiger partial charge >= 0.3 is 0 Å². The Hall–Kier alpha value is -1.85. The van der Waals surface area contributed by atoms with Crippen molar-refractivity contribution in [2.75, 3.05) is 27.1 Å². The first-order valence-electron chi connectivity index (χ1n) is 6.37. The van der Waals surface area contributed by atoms with Crippen molar-refractivity contribution in [3.63, 3.8) is 0 Å². The molecule has 1 rings (SSSR count). The summed E-state index contributed by atoms with van der Waals surface area (Å²) in [5.41, 5.74) is 2.90. The summed E-state index contributed by atoms with van der Waals surface area (Å²) < 4.78 is 10.1. The van der Waals surface area contributed by atoms with Gasteiger partial charge in [0.2, 0.25) is 0 Å². The maximum atomic E-state index is 7.50. The van der Waals surface area contributed by atoms with E-state index in [0.717, 1.165) is 16.8 Å². The summed E-state index contributed by atoms with van der Waals surface area (Å²) in [6.45, 7) is 6.84. The largest absolute Gasteiger partial charge is 0.382 e. The van der Waals surface area contributed by atoms with Gasteiger partial charge in [0.25, 0.3) is 0 Å². The summed E-state index contributed by atoms with van der Waals surface area (Å²) in [5, 5.41) is 7.50. The fourth-order valence-electron chi connectivity index (χ4n) is 1.70. The molecule has 0 saturated carbocycles. The van der Waals surface area contributed by atoms with Crippen molar-refractivity contribution in [3.05, 3.63) is 29.3 Å². The van der Waals surface area contributed by atoms with Gasteiger partial charge in [0, 0.05) is 19.5 Å². The topological polar surface area (TPSA) is 67.0 Å². The average molecular weight is 275 g/mol. The molecule has 0 heterocycles. The molecule has 0 fully saturated rings. The van der Waals surface area contributed by atoms with Crippen LogP contribution in [0, 0.1) is 12.3 Å². The van der Waals surface area contributed by atoms with Gasteiger partial charge in [-0.2, -0.15) is 0 Å². The zero-order valence-corrected chi connectivity index (χ0v) is 12.0. The van der Waals surface area contributed by atoms with E-state index in [4.69, 9.17) is 14.9 Å². The Labute approximate surface area is 119 Å². The zero-order valence-electron chi connectivity index (χ0n) is 12.0. The molecule has 1 aromatic rings. The maximum absolute atomic E-state index is 7.50. The van der Waals surface area contributed by atoms with E-state index in [1.807, 2.05) is 25.1 Å². The second kappa shape index (κ2) is 9.12. The SMILES string of the molecule is C=Nc1ccc(C(C=N)C=NCOCCOC)cc1C. The third kappa shape index (κ3) is 5.03. The summed E-state index contributed by atoms with van der Waals surface area (Å²) in [6.07, 6.45) is 3.07. The van der Waals surface area contributed by atoms with Crippen LogP contribution >= 0.6 is 0 Å². The summed E-state index contributed by atoms with van der Waals surface area (Å²) in [4.78, 5) is 8.10. The van der Waals surface area contributed by atoms with Gasteiger partial charge < -0.3 is 14.9 Å². The zero-order chi connectivity index (χ0) is 14.8. The minimum Gasteiger partial charge on any atom is -0.382 e. The highest BCUT2D eigenvalue weighted by Crippen LogP contribution is 2.22. The lowest BCUT2D eigenvalue weighted by Gasteiger charge is -2.09. The van der Waals surface area contributed by atoms with E-state index in [1.165, 1.54) is 6.21 Å². The molecule has 5 heteroatoms.